The highest BCUT2D eigenvalue weighted by Gasteiger charge is 2.52. The summed E-state index contributed by atoms with van der Waals surface area (Å²) in [6.45, 7) is 8.53. The second kappa shape index (κ2) is 9.85. The van der Waals surface area contributed by atoms with E-state index in [-0.39, 0.29) is 0 Å². The Morgan fingerprint density at radius 1 is 1.12 bits per heavy atom. The van der Waals surface area contributed by atoms with Crippen molar-refractivity contribution in [3.05, 3.63) is 58.7 Å². The van der Waals surface area contributed by atoms with Crippen molar-refractivity contribution >= 4 is 23.8 Å². The third-order valence-electron chi connectivity index (χ3n) is 6.77. The number of nitrogens with zero attached hydrogens (tertiary/aromatic N) is 1. The van der Waals surface area contributed by atoms with Crippen molar-refractivity contribution in [2.45, 2.75) is 45.2 Å². The van der Waals surface area contributed by atoms with E-state index in [2.05, 4.69) is 20.9 Å². The number of primary amides is 1. The molecule has 2 aliphatic rings. The molecule has 34 heavy (non-hydrogen) atoms. The van der Waals surface area contributed by atoms with Gasteiger partial charge in [-0.2, -0.15) is 0 Å². The maximum absolute atomic E-state index is 13.3. The van der Waals surface area contributed by atoms with Crippen LogP contribution in [0.1, 0.15) is 35.1 Å². The van der Waals surface area contributed by atoms with Crippen molar-refractivity contribution in [3.8, 4) is 5.75 Å². The van der Waals surface area contributed by atoms with Gasteiger partial charge in [0, 0.05) is 5.69 Å². The summed E-state index contributed by atoms with van der Waals surface area (Å²) in [5.41, 5.74) is 8.46. The molecule has 2 atom stereocenters. The Morgan fingerprint density at radius 3 is 2.56 bits per heavy atom. The Hall–Kier alpha value is -3.39. The number of hydrogen-bond acceptors (Lipinski definition) is 6. The average molecular weight is 464 g/mol. The van der Waals surface area contributed by atoms with E-state index < -0.39 is 23.4 Å². The van der Waals surface area contributed by atoms with Crippen LogP contribution in [0, 0.1) is 26.7 Å². The number of aliphatic imine (C=N–C) groups is 1. The first-order chi connectivity index (χ1) is 16.3. The molecule has 4 rings (SSSR count). The molecule has 0 spiro atoms. The number of anilines is 1. The van der Waals surface area contributed by atoms with Gasteiger partial charge in [-0.1, -0.05) is 23.8 Å². The minimum Gasteiger partial charge on any atom is -0.493 e. The van der Waals surface area contributed by atoms with Crippen LogP contribution in [-0.4, -0.2) is 43.9 Å². The Kier molecular flexibility index (Phi) is 6.88. The smallest absolute Gasteiger partial charge is 0.252 e. The number of aryl methyl sites for hydroxylation is 3. The van der Waals surface area contributed by atoms with Crippen molar-refractivity contribution in [2.24, 2.45) is 16.6 Å². The number of piperidine rings is 1. The maximum atomic E-state index is 13.3. The molecule has 2 aromatic rings. The second-order valence-electron chi connectivity index (χ2n) is 9.29. The second-order valence-corrected chi connectivity index (χ2v) is 9.29. The van der Waals surface area contributed by atoms with E-state index >= 15 is 0 Å². The predicted molar refractivity (Wildman–Crippen MR) is 133 cm³/mol. The lowest BCUT2D eigenvalue weighted by Crippen LogP contribution is -2.59. The normalized spacial score (nSPS) is 22.3. The summed E-state index contributed by atoms with van der Waals surface area (Å²) in [6.07, 6.45) is 3.62. The van der Waals surface area contributed by atoms with E-state index in [1.165, 1.54) is 6.34 Å². The van der Waals surface area contributed by atoms with Gasteiger partial charge >= 0.3 is 0 Å². The molecular formula is C26H33N5O3. The zero-order valence-electron chi connectivity index (χ0n) is 20.0. The first kappa shape index (κ1) is 23.8. The molecule has 0 aliphatic carbocycles. The van der Waals surface area contributed by atoms with Crippen LogP contribution >= 0.6 is 0 Å². The van der Waals surface area contributed by atoms with Crippen LogP contribution in [0.3, 0.4) is 0 Å². The summed E-state index contributed by atoms with van der Waals surface area (Å²) in [4.78, 5) is 30.4. The van der Waals surface area contributed by atoms with Crippen LogP contribution in [0.2, 0.25) is 0 Å². The maximum Gasteiger partial charge on any atom is 0.252 e. The van der Waals surface area contributed by atoms with Gasteiger partial charge in [0.1, 0.15) is 5.75 Å². The van der Waals surface area contributed by atoms with Gasteiger partial charge < -0.3 is 26.4 Å². The van der Waals surface area contributed by atoms with Crippen LogP contribution in [0.4, 0.5) is 5.69 Å². The quantitative estimate of drug-likeness (QED) is 0.503. The summed E-state index contributed by atoms with van der Waals surface area (Å²) < 4.78 is 6.00. The Balaban J connectivity index is 1.50. The van der Waals surface area contributed by atoms with E-state index in [0.717, 1.165) is 48.4 Å². The number of nitrogens with two attached hydrogens (primary N) is 1. The number of nitrogens with one attached hydrogen (secondary N) is 3. The van der Waals surface area contributed by atoms with Crippen molar-refractivity contribution < 1.29 is 14.3 Å². The van der Waals surface area contributed by atoms with Gasteiger partial charge in [0.25, 0.3) is 11.8 Å². The number of amides is 2. The average Bonchev–Trinajstić information content (AvgIpc) is 3.26. The lowest BCUT2D eigenvalue weighted by molar-refractivity contribution is -0.129. The first-order valence-electron chi connectivity index (χ1n) is 11.7. The monoisotopic (exact) mass is 463 g/mol. The van der Waals surface area contributed by atoms with Crippen molar-refractivity contribution in [1.82, 2.24) is 10.6 Å². The largest absolute Gasteiger partial charge is 0.493 e. The van der Waals surface area contributed by atoms with E-state index in [1.54, 1.807) is 0 Å². The summed E-state index contributed by atoms with van der Waals surface area (Å²) in [5, 5.41) is 9.27. The van der Waals surface area contributed by atoms with E-state index in [9.17, 15) is 9.59 Å². The molecule has 2 aliphatic heterocycles. The topological polar surface area (TPSA) is 118 Å². The van der Waals surface area contributed by atoms with Gasteiger partial charge in [-0.15, -0.1) is 0 Å². The van der Waals surface area contributed by atoms with Crippen molar-refractivity contribution in [3.63, 3.8) is 0 Å². The summed E-state index contributed by atoms with van der Waals surface area (Å²) in [7, 11) is 0. The molecule has 1 saturated heterocycles. The van der Waals surface area contributed by atoms with Crippen LogP contribution in [0.25, 0.3) is 0 Å². The first-order valence-corrected chi connectivity index (χ1v) is 11.7. The number of rotatable bonds is 7. The lowest BCUT2D eigenvalue weighted by Gasteiger charge is -2.32. The summed E-state index contributed by atoms with van der Waals surface area (Å²) >= 11 is 0. The molecule has 2 amide bonds. The molecule has 5 N–H and O–H groups in total. The van der Waals surface area contributed by atoms with Gasteiger partial charge in [-0.05, 0) is 87.5 Å². The fourth-order valence-electron chi connectivity index (χ4n) is 4.82. The molecule has 2 unspecified atom stereocenters. The molecule has 2 aromatic carbocycles. The molecular weight excluding hydrogens is 430 g/mol. The van der Waals surface area contributed by atoms with Gasteiger partial charge in [-0.25, -0.2) is 0 Å². The minimum atomic E-state index is -1.45. The van der Waals surface area contributed by atoms with Gasteiger partial charge in [0.05, 0.1) is 12.9 Å². The molecule has 0 radical (unpaired) electrons. The molecule has 0 bridgehead atoms. The molecule has 2 heterocycles. The van der Waals surface area contributed by atoms with Crippen LogP contribution in [0.15, 0.2) is 41.4 Å². The van der Waals surface area contributed by atoms with Crippen molar-refractivity contribution in [1.29, 1.82) is 0 Å². The van der Waals surface area contributed by atoms with Crippen LogP contribution in [-0.2, 0) is 15.1 Å². The third kappa shape index (κ3) is 4.63. The van der Waals surface area contributed by atoms with Crippen LogP contribution < -0.4 is 26.4 Å². The number of hydrogen-bond donors (Lipinski definition) is 4. The summed E-state index contributed by atoms with van der Waals surface area (Å²) in [6, 6.07) is 10.2. The zero-order valence-corrected chi connectivity index (χ0v) is 20.0. The summed E-state index contributed by atoms with van der Waals surface area (Å²) in [5.74, 6) is 0.263. The van der Waals surface area contributed by atoms with Gasteiger partial charge in [0.2, 0.25) is 0 Å². The highest BCUT2D eigenvalue weighted by Crippen LogP contribution is 2.34. The fourth-order valence-corrected chi connectivity index (χ4v) is 4.82. The lowest BCUT2D eigenvalue weighted by atomic mass is 9.80. The fraction of sp³-hybridized carbons (Fsp3) is 0.423. The number of carbonyl (C=O) groups is 2. The number of benzene rings is 2. The van der Waals surface area contributed by atoms with Gasteiger partial charge in [0.15, 0.2) is 11.6 Å². The Morgan fingerprint density at radius 2 is 1.88 bits per heavy atom. The van der Waals surface area contributed by atoms with Crippen molar-refractivity contribution in [2.75, 3.05) is 25.0 Å². The number of ether oxygens (including phenoxy) is 1. The Labute approximate surface area is 200 Å². The van der Waals surface area contributed by atoms with E-state index in [0.29, 0.717) is 23.8 Å². The molecule has 8 heteroatoms. The predicted octanol–water partition coefficient (Wildman–Crippen LogP) is 2.31. The van der Waals surface area contributed by atoms with Crippen LogP contribution in [0.5, 0.6) is 5.75 Å². The van der Waals surface area contributed by atoms with E-state index in [4.69, 9.17) is 10.5 Å². The molecule has 180 valence electrons. The van der Waals surface area contributed by atoms with Gasteiger partial charge in [-0.3, -0.25) is 14.6 Å². The molecule has 0 saturated carbocycles. The highest BCUT2D eigenvalue weighted by atomic mass is 16.5. The third-order valence-corrected chi connectivity index (χ3v) is 6.77. The SMILES string of the molecule is Cc1ccc(C2(C(N)=O)NC=NC2C(=O)Nc2ccc(OCC3CCNCC3)cc2C)c(C)c1. The highest BCUT2D eigenvalue weighted by molar-refractivity contribution is 6.05. The number of carbonyl (C=O) groups excluding carboxylic acids is 2. The minimum absolute atomic E-state index is 0.411. The van der Waals surface area contributed by atoms with E-state index in [1.807, 2.05) is 57.2 Å². The molecule has 0 aromatic heterocycles. The molecule has 1 fully saturated rings. The molecule has 8 nitrogen and oxygen atoms in total. The Bertz CT molecular complexity index is 1110. The zero-order chi connectivity index (χ0) is 24.3. The standard InChI is InChI=1S/C26H33N5O3/c1-16-4-6-21(17(2)12-16)26(25(27)33)23(29-15-30-26)24(32)31-22-7-5-20(13-18(22)3)34-14-19-8-10-28-11-9-19/h4-7,12-13,15,19,23,28H,8-11,14H2,1-3H3,(H2,27,33)(H,29,30)(H,31,32).